The van der Waals surface area contributed by atoms with Crippen molar-refractivity contribution in [1.29, 1.82) is 0 Å². The normalized spacial score (nSPS) is 17.6. The SMILES string of the molecule is CC(C)(C)OC(=O)N1CC=C(c2ccnc(C(=O)N(Cc3ccccc3)OC3CCCCO3)c2)CC1.CC(C)(C)OC(=O)N1CCC(c2ccnc(C(=O)N(Cc3ccccc3)OC3CCCCO3)c2)CC1.CC(C)(C)OC(=O)N1CCC(c2ccnc(C(=O)N(O)Cc3ccccc3)c2)CC1.O=C(c1cc(Br)ccn1)N(Cc1ccccc1)OC1CCCCO1. The van der Waals surface area contributed by atoms with Gasteiger partial charge in [-0.25, -0.2) is 49.1 Å². The quantitative estimate of drug-likeness (QED) is 0.0397. The largest absolute Gasteiger partial charge is 0.444 e. The van der Waals surface area contributed by atoms with Crippen molar-refractivity contribution >= 4 is 63.4 Å². The summed E-state index contributed by atoms with van der Waals surface area (Å²) in [5.74, 6) is -0.966. The highest BCUT2D eigenvalue weighted by Crippen LogP contribution is 2.34. The van der Waals surface area contributed by atoms with E-state index in [1.165, 1.54) is 15.2 Å². The van der Waals surface area contributed by atoms with Crippen molar-refractivity contribution in [3.8, 4) is 0 Å². The van der Waals surface area contributed by atoms with Crippen LogP contribution in [0, 0.1) is 0 Å². The molecule has 8 aromatic rings. The number of hydrogen-bond donors (Lipinski definition) is 1. The third-order valence-corrected chi connectivity index (χ3v) is 21.6. The molecule has 14 rings (SSSR count). The molecule has 4 aromatic heterocycles. The van der Waals surface area contributed by atoms with Gasteiger partial charge in [-0.05, 0) is 238 Å². The Kier molecular flexibility index (Phi) is 35.8. The first-order valence-corrected chi connectivity index (χ1v) is 44.4. The third kappa shape index (κ3) is 31.0. The molecule has 0 aliphatic carbocycles. The van der Waals surface area contributed by atoms with Crippen molar-refractivity contribution in [2.75, 3.05) is 59.1 Å². The molecule has 672 valence electrons. The summed E-state index contributed by atoms with van der Waals surface area (Å²) < 4.78 is 34.3. The predicted octanol–water partition coefficient (Wildman–Crippen LogP) is 18.7. The van der Waals surface area contributed by atoms with Gasteiger partial charge in [-0.2, -0.15) is 0 Å². The number of carbonyl (C=O) groups is 7. The summed E-state index contributed by atoms with van der Waals surface area (Å²) in [7, 11) is 0. The highest BCUT2D eigenvalue weighted by molar-refractivity contribution is 9.10. The molecule has 0 spiro atoms. The predicted molar refractivity (Wildman–Crippen MR) is 476 cm³/mol. The molecule has 3 unspecified atom stereocenters. The first-order chi connectivity index (χ1) is 60.5. The maximum Gasteiger partial charge on any atom is 0.410 e. The van der Waals surface area contributed by atoms with Gasteiger partial charge < -0.3 is 43.1 Å². The van der Waals surface area contributed by atoms with Crippen molar-refractivity contribution < 1.29 is 81.7 Å². The molecule has 29 heteroatoms. The van der Waals surface area contributed by atoms with Crippen LogP contribution in [0.3, 0.4) is 0 Å². The number of hydrogen-bond acceptors (Lipinski definition) is 21. The molecule has 28 nitrogen and oxygen atoms in total. The molecule has 7 amide bonds. The maximum absolute atomic E-state index is 13.5. The van der Waals surface area contributed by atoms with Crippen LogP contribution in [0.2, 0.25) is 0 Å². The standard InChI is InChI=1S/C28H37N3O5.C28H35N3O5.C23H29N3O4.C18H19BrN2O3/c2*1-28(2,3)35-27(33)30-16-13-22(14-17-30)23-12-15-29-24(19-23)26(32)31(20-21-9-5-4-6-10-21)36-25-11-7-8-18-34-25;1-23(2,3)30-22(28)25-13-10-18(11-14-25)19-9-12-24-20(15-19)21(27)26(29)16-17-7-5-4-6-8-17;19-15-9-10-20-16(12-15)18(22)21(13-14-6-2-1-3-7-14)24-17-8-4-5-11-23-17/h4-6,9-10,12,15,19,22,25H,7-8,11,13-14,16-18,20H2,1-3H3;4-6,9-10,12-13,15,19,25H,7-8,11,14,16-18,20H2,1-3H3;4-9,12,15,18,29H,10-11,13-14,16H2,1-3H3;1-3,6-7,9-10,12,17H,4-5,8,11,13H2. The van der Waals surface area contributed by atoms with E-state index in [-0.39, 0.29) is 60.1 Å². The molecule has 3 atom stereocenters. The van der Waals surface area contributed by atoms with Crippen LogP contribution in [-0.2, 0) is 69.1 Å². The van der Waals surface area contributed by atoms with Gasteiger partial charge in [0.15, 0.2) is 18.9 Å². The van der Waals surface area contributed by atoms with Crippen LogP contribution in [0.1, 0.15) is 245 Å². The summed E-state index contributed by atoms with van der Waals surface area (Å²) in [5, 5.41) is 15.0. The number of carbonyl (C=O) groups excluding carboxylic acids is 7. The Morgan fingerprint density at radius 1 is 0.397 bits per heavy atom. The van der Waals surface area contributed by atoms with Gasteiger partial charge in [0.1, 0.15) is 39.6 Å². The van der Waals surface area contributed by atoms with E-state index in [2.05, 4.69) is 35.9 Å². The molecule has 0 saturated carbocycles. The topological polar surface area (TPSA) is 297 Å². The summed E-state index contributed by atoms with van der Waals surface area (Å²) in [5.41, 5.74) is 7.38. The molecular weight excluding hydrogens is 1670 g/mol. The first-order valence-electron chi connectivity index (χ1n) is 43.6. The number of nitrogens with zero attached hydrogens (tertiary/aromatic N) is 11. The molecule has 5 saturated heterocycles. The van der Waals surface area contributed by atoms with Crippen molar-refractivity contribution in [3.05, 3.63) is 267 Å². The smallest absolute Gasteiger partial charge is 0.410 e. The van der Waals surface area contributed by atoms with Crippen LogP contribution in [-0.4, -0.2) is 197 Å². The van der Waals surface area contributed by atoms with Gasteiger partial charge in [-0.15, -0.1) is 0 Å². The van der Waals surface area contributed by atoms with E-state index in [1.54, 1.807) is 63.8 Å². The zero-order valence-electron chi connectivity index (χ0n) is 73.8. The van der Waals surface area contributed by atoms with Crippen molar-refractivity contribution in [2.24, 2.45) is 0 Å². The lowest BCUT2D eigenvalue weighted by molar-refractivity contribution is -0.270. The third-order valence-electron chi connectivity index (χ3n) is 21.1. The molecule has 4 aromatic carbocycles. The van der Waals surface area contributed by atoms with E-state index >= 15 is 0 Å². The molecule has 6 aliphatic rings. The summed E-state index contributed by atoms with van der Waals surface area (Å²) in [4.78, 5) is 130. The molecule has 0 bridgehead atoms. The van der Waals surface area contributed by atoms with Crippen LogP contribution in [0.4, 0.5) is 14.4 Å². The van der Waals surface area contributed by atoms with Gasteiger partial charge in [0.05, 0.1) is 26.2 Å². The molecule has 5 fully saturated rings. The van der Waals surface area contributed by atoms with Crippen molar-refractivity contribution in [3.63, 3.8) is 0 Å². The number of likely N-dealkylation sites (tertiary alicyclic amines) is 2. The van der Waals surface area contributed by atoms with Crippen LogP contribution >= 0.6 is 15.9 Å². The summed E-state index contributed by atoms with van der Waals surface area (Å²) in [6.07, 6.45) is 18.5. The summed E-state index contributed by atoms with van der Waals surface area (Å²) >= 11 is 3.37. The monoisotopic (exact) mass is 1790 g/mol. The lowest BCUT2D eigenvalue weighted by atomic mass is 9.89. The lowest BCUT2D eigenvalue weighted by Crippen LogP contribution is -2.41. The van der Waals surface area contributed by atoms with E-state index in [9.17, 15) is 38.8 Å². The van der Waals surface area contributed by atoms with E-state index < -0.39 is 41.6 Å². The fourth-order valence-corrected chi connectivity index (χ4v) is 15.0. The molecule has 0 radical (unpaired) electrons. The maximum atomic E-state index is 13.5. The Morgan fingerprint density at radius 3 is 1.07 bits per heavy atom. The van der Waals surface area contributed by atoms with Crippen LogP contribution in [0.25, 0.3) is 5.57 Å². The number of benzene rings is 4. The highest BCUT2D eigenvalue weighted by Gasteiger charge is 2.34. The van der Waals surface area contributed by atoms with Gasteiger partial charge in [0.25, 0.3) is 23.6 Å². The Morgan fingerprint density at radius 2 is 0.730 bits per heavy atom. The molecule has 126 heavy (non-hydrogen) atoms. The van der Waals surface area contributed by atoms with Crippen LogP contribution in [0.15, 0.2) is 205 Å². The average Bonchev–Trinajstić information content (AvgIpc) is 0.822. The van der Waals surface area contributed by atoms with Gasteiger partial charge in [0.2, 0.25) is 0 Å². The Hall–Kier alpha value is -10.9. The van der Waals surface area contributed by atoms with Crippen LogP contribution < -0.4 is 0 Å². The number of ether oxygens (including phenoxy) is 6. The van der Waals surface area contributed by atoms with Gasteiger partial charge in [-0.3, -0.25) is 44.3 Å². The Labute approximate surface area is 747 Å². The molecule has 10 heterocycles. The van der Waals surface area contributed by atoms with Crippen molar-refractivity contribution in [2.45, 2.75) is 226 Å². The fraction of sp³-hybridized carbons (Fsp3) is 0.454. The minimum Gasteiger partial charge on any atom is -0.444 e. The number of piperidine rings is 2. The van der Waals surface area contributed by atoms with Crippen molar-refractivity contribution in [1.82, 2.24) is 54.9 Å². The van der Waals surface area contributed by atoms with E-state index in [1.807, 2.05) is 214 Å². The fourth-order valence-electron chi connectivity index (χ4n) is 14.6. The number of pyridine rings is 4. The van der Waals surface area contributed by atoms with E-state index in [0.717, 1.165) is 132 Å². The number of rotatable bonds is 21. The minimum absolute atomic E-state index is 0.0971. The zero-order valence-corrected chi connectivity index (χ0v) is 75.4. The van der Waals surface area contributed by atoms with Gasteiger partial charge in [0, 0.05) is 108 Å². The summed E-state index contributed by atoms with van der Waals surface area (Å²) in [6, 6.07) is 53.1. The first kappa shape index (κ1) is 95.8. The Balaban J connectivity index is 0.000000165. The second kappa shape index (κ2) is 47.1. The lowest BCUT2D eigenvalue weighted by Gasteiger charge is -2.33. The van der Waals surface area contributed by atoms with Crippen LogP contribution in [0.5, 0.6) is 0 Å². The summed E-state index contributed by atoms with van der Waals surface area (Å²) in [6.45, 7) is 23.2. The Bertz CT molecular complexity index is 4830. The van der Waals surface area contributed by atoms with Gasteiger partial charge >= 0.3 is 18.3 Å². The molecule has 6 aliphatic heterocycles. The molecule has 1 N–H and O–H groups in total. The second-order valence-corrected chi connectivity index (χ2v) is 35.6. The number of aromatic nitrogens is 4. The van der Waals surface area contributed by atoms with Gasteiger partial charge in [-0.1, -0.05) is 143 Å². The molecular formula is C97H120BrN11O17. The number of amides is 7. The number of halogens is 1. The second-order valence-electron chi connectivity index (χ2n) is 34.7. The highest BCUT2D eigenvalue weighted by atomic mass is 79.9. The van der Waals surface area contributed by atoms with E-state index in [0.29, 0.717) is 107 Å². The minimum atomic E-state index is -0.535. The zero-order chi connectivity index (χ0) is 89.6. The van der Waals surface area contributed by atoms with E-state index in [4.69, 9.17) is 42.9 Å². The number of hydroxylamine groups is 8. The average molecular weight is 1790 g/mol.